The number of hydrogen-bond acceptors (Lipinski definition) is 6. The smallest absolute Gasteiger partial charge is 0.153 e. The highest BCUT2D eigenvalue weighted by Crippen LogP contribution is 2.18. The van der Waals surface area contributed by atoms with Crippen molar-refractivity contribution in [1.82, 2.24) is 24.4 Å². The second-order valence-corrected chi connectivity index (χ2v) is 6.31. The van der Waals surface area contributed by atoms with Crippen LogP contribution in [0.2, 0.25) is 0 Å². The second-order valence-electron chi connectivity index (χ2n) is 6.31. The molecule has 3 aromatic heterocycles. The average molecular weight is 364 g/mol. The van der Waals surface area contributed by atoms with Gasteiger partial charge in [-0.1, -0.05) is 11.2 Å². The topological polar surface area (TPSA) is 89.8 Å². The van der Waals surface area contributed by atoms with Crippen LogP contribution in [0.15, 0.2) is 47.9 Å². The van der Waals surface area contributed by atoms with Gasteiger partial charge in [-0.25, -0.2) is 9.50 Å². The number of fused-ring (bicyclic) bond motifs is 2. The summed E-state index contributed by atoms with van der Waals surface area (Å²) < 4.78 is 3.69. The number of benzene rings is 1. The zero-order valence-corrected chi connectivity index (χ0v) is 15.2. The monoisotopic (exact) mass is 364 g/mol. The Balaban J connectivity index is 1.64. The van der Waals surface area contributed by atoms with Crippen molar-refractivity contribution in [1.29, 1.82) is 0 Å². The van der Waals surface area contributed by atoms with Crippen LogP contribution < -0.4 is 0 Å². The maximum absolute atomic E-state index is 8.78. The molecule has 0 amide bonds. The Morgan fingerprint density at radius 2 is 2.11 bits per heavy atom. The molecule has 0 aliphatic rings. The predicted octanol–water partition coefficient (Wildman–Crippen LogP) is 1.94. The van der Waals surface area contributed by atoms with Crippen molar-refractivity contribution >= 4 is 22.3 Å². The quantitative estimate of drug-likeness (QED) is 0.321. The Labute approximate surface area is 155 Å². The summed E-state index contributed by atoms with van der Waals surface area (Å²) in [7, 11) is 1.94. The average Bonchev–Trinajstić information content (AvgIpc) is 3.25. The summed E-state index contributed by atoms with van der Waals surface area (Å²) >= 11 is 0. The maximum Gasteiger partial charge on any atom is 0.153 e. The molecule has 1 aromatic carbocycles. The van der Waals surface area contributed by atoms with Crippen molar-refractivity contribution in [3.05, 3.63) is 59.7 Å². The van der Waals surface area contributed by atoms with Crippen molar-refractivity contribution in [3.8, 4) is 0 Å². The number of oxime groups is 1. The molecule has 0 fully saturated rings. The molecule has 0 saturated carbocycles. The van der Waals surface area contributed by atoms with Gasteiger partial charge in [-0.3, -0.25) is 4.68 Å². The first-order valence-electron chi connectivity index (χ1n) is 8.68. The number of aryl methyl sites for hydroxylation is 1. The van der Waals surface area contributed by atoms with Crippen molar-refractivity contribution in [2.45, 2.75) is 13.3 Å². The molecule has 4 rings (SSSR count). The molecule has 8 heteroatoms. The first kappa shape index (κ1) is 17.2. The lowest BCUT2D eigenvalue weighted by atomic mass is 10.1. The van der Waals surface area contributed by atoms with Crippen LogP contribution in [-0.2, 0) is 18.3 Å². The van der Waals surface area contributed by atoms with E-state index < -0.39 is 0 Å². The number of aliphatic hydroxyl groups is 1. The zero-order chi connectivity index (χ0) is 18.8. The van der Waals surface area contributed by atoms with Gasteiger partial charge in [0.15, 0.2) is 5.65 Å². The second kappa shape index (κ2) is 7.16. The van der Waals surface area contributed by atoms with Crippen LogP contribution >= 0.6 is 0 Å². The third-order valence-electron chi connectivity index (χ3n) is 4.38. The minimum Gasteiger partial charge on any atom is -0.393 e. The van der Waals surface area contributed by atoms with Crippen molar-refractivity contribution < 1.29 is 9.94 Å². The van der Waals surface area contributed by atoms with E-state index in [0.29, 0.717) is 17.8 Å². The highest BCUT2D eigenvalue weighted by Gasteiger charge is 2.10. The molecule has 4 aromatic rings. The van der Waals surface area contributed by atoms with Gasteiger partial charge >= 0.3 is 0 Å². The summed E-state index contributed by atoms with van der Waals surface area (Å²) in [4.78, 5) is 9.46. The van der Waals surface area contributed by atoms with E-state index in [1.807, 2.05) is 47.7 Å². The van der Waals surface area contributed by atoms with E-state index in [1.165, 1.54) is 5.56 Å². The first-order valence-corrected chi connectivity index (χ1v) is 8.68. The Hall–Kier alpha value is -3.26. The fourth-order valence-electron chi connectivity index (χ4n) is 3.00. The number of hydrogen-bond donors (Lipinski definition) is 1. The molecule has 0 aliphatic carbocycles. The number of rotatable bonds is 6. The van der Waals surface area contributed by atoms with Gasteiger partial charge in [0.2, 0.25) is 0 Å². The van der Waals surface area contributed by atoms with Gasteiger partial charge in [0.05, 0.1) is 30.2 Å². The van der Waals surface area contributed by atoms with E-state index in [-0.39, 0.29) is 13.2 Å². The third-order valence-corrected chi connectivity index (χ3v) is 4.38. The SMILES string of the molecule is C/C(=N/OCCO)c1ccc2ncc(Cc3ccc4c(cnn4C)c3)n2n1. The molecule has 3 heterocycles. The van der Waals surface area contributed by atoms with Gasteiger partial charge < -0.3 is 9.94 Å². The van der Waals surface area contributed by atoms with Gasteiger partial charge in [-0.2, -0.15) is 10.2 Å². The van der Waals surface area contributed by atoms with Crippen LogP contribution in [0.1, 0.15) is 23.9 Å². The zero-order valence-electron chi connectivity index (χ0n) is 15.2. The summed E-state index contributed by atoms with van der Waals surface area (Å²) in [6.45, 7) is 1.90. The lowest BCUT2D eigenvalue weighted by Crippen LogP contribution is -2.07. The Bertz CT molecular complexity index is 1130. The van der Waals surface area contributed by atoms with Gasteiger partial charge in [-0.15, -0.1) is 0 Å². The molecule has 0 atom stereocenters. The van der Waals surface area contributed by atoms with Crippen LogP contribution in [0.5, 0.6) is 0 Å². The number of aliphatic hydroxyl groups excluding tert-OH is 1. The molecule has 8 nitrogen and oxygen atoms in total. The molecule has 0 aliphatic heterocycles. The van der Waals surface area contributed by atoms with Crippen LogP contribution in [0, 0.1) is 0 Å². The van der Waals surface area contributed by atoms with Gasteiger partial charge in [-0.05, 0) is 36.8 Å². The van der Waals surface area contributed by atoms with E-state index in [2.05, 4.69) is 38.5 Å². The molecule has 0 spiro atoms. The largest absolute Gasteiger partial charge is 0.393 e. The standard InChI is InChI=1S/C19H20N6O2/c1-13(23-27-8-7-26)17-4-6-19-20-12-16(25(19)22-17)10-14-3-5-18-15(9-14)11-21-24(18)2/h3-6,9,11-12,26H,7-8,10H2,1-2H3/b23-13-. The van der Waals surface area contributed by atoms with E-state index in [4.69, 9.17) is 9.94 Å². The molecule has 0 bridgehead atoms. The maximum atomic E-state index is 8.78. The molecule has 1 N–H and O–H groups in total. The Kier molecular flexibility index (Phi) is 4.55. The normalized spacial score (nSPS) is 12.2. The van der Waals surface area contributed by atoms with Gasteiger partial charge in [0.1, 0.15) is 18.0 Å². The fourth-order valence-corrected chi connectivity index (χ4v) is 3.00. The summed E-state index contributed by atoms with van der Waals surface area (Å²) in [5.74, 6) is 0. The minimum atomic E-state index is -0.0732. The van der Waals surface area contributed by atoms with Crippen LogP contribution in [0.25, 0.3) is 16.6 Å². The van der Waals surface area contributed by atoms with Gasteiger partial charge in [0, 0.05) is 18.9 Å². The van der Waals surface area contributed by atoms with Crippen molar-refractivity contribution in [2.75, 3.05) is 13.2 Å². The minimum absolute atomic E-state index is 0.0732. The van der Waals surface area contributed by atoms with E-state index in [1.54, 1.807) is 0 Å². The lowest BCUT2D eigenvalue weighted by Gasteiger charge is -2.05. The highest BCUT2D eigenvalue weighted by atomic mass is 16.6. The summed E-state index contributed by atoms with van der Waals surface area (Å²) in [6, 6.07) is 10.1. The number of aromatic nitrogens is 5. The Morgan fingerprint density at radius 3 is 2.96 bits per heavy atom. The van der Waals surface area contributed by atoms with Crippen LogP contribution in [-0.4, -0.2) is 48.4 Å². The van der Waals surface area contributed by atoms with Gasteiger partial charge in [0.25, 0.3) is 0 Å². The number of nitrogens with zero attached hydrogens (tertiary/aromatic N) is 6. The molecule has 0 unspecified atom stereocenters. The fraction of sp³-hybridized carbons (Fsp3) is 0.263. The van der Waals surface area contributed by atoms with E-state index in [9.17, 15) is 0 Å². The van der Waals surface area contributed by atoms with Crippen LogP contribution in [0.4, 0.5) is 0 Å². The van der Waals surface area contributed by atoms with Crippen molar-refractivity contribution in [2.24, 2.45) is 12.2 Å². The van der Waals surface area contributed by atoms with Crippen molar-refractivity contribution in [3.63, 3.8) is 0 Å². The first-order chi connectivity index (χ1) is 13.2. The van der Waals surface area contributed by atoms with E-state index >= 15 is 0 Å². The molecule has 27 heavy (non-hydrogen) atoms. The molecule has 138 valence electrons. The Morgan fingerprint density at radius 1 is 1.22 bits per heavy atom. The molecule has 0 saturated heterocycles. The lowest BCUT2D eigenvalue weighted by molar-refractivity contribution is 0.0986. The molecule has 0 radical (unpaired) electrons. The molecular formula is C19H20N6O2. The molecular weight excluding hydrogens is 344 g/mol. The highest BCUT2D eigenvalue weighted by molar-refractivity contribution is 5.96. The predicted molar refractivity (Wildman–Crippen MR) is 102 cm³/mol. The number of imidazole rings is 1. The summed E-state index contributed by atoms with van der Waals surface area (Å²) in [5.41, 5.74) is 5.37. The summed E-state index contributed by atoms with van der Waals surface area (Å²) in [6.07, 6.45) is 4.42. The summed E-state index contributed by atoms with van der Waals surface area (Å²) in [5, 5.41) is 22.8. The van der Waals surface area contributed by atoms with E-state index in [0.717, 1.165) is 22.2 Å². The third kappa shape index (κ3) is 3.39. The van der Waals surface area contributed by atoms with Crippen LogP contribution in [0.3, 0.4) is 0 Å².